The summed E-state index contributed by atoms with van der Waals surface area (Å²) in [5.74, 6) is 1.58. The summed E-state index contributed by atoms with van der Waals surface area (Å²) in [7, 11) is 0. The monoisotopic (exact) mass is 330 g/mol. The number of aromatic hydroxyl groups is 1. The lowest BCUT2D eigenvalue weighted by molar-refractivity contribution is 0.170. The standard InChI is InChI=1S/C18H22N2O4/c1-11(6-12-2-5-17-18(7-12)24-10-23-17)20-9-16(22)13-3-4-15(21)14(19)8-13/h2-5,7-8,11,16,20-22H,6,9-10,19H2,1H3/t11-,16-/m0/s1. The fourth-order valence-corrected chi connectivity index (χ4v) is 2.70. The molecule has 0 aromatic heterocycles. The van der Waals surface area contributed by atoms with Gasteiger partial charge in [0.15, 0.2) is 11.5 Å². The van der Waals surface area contributed by atoms with Crippen molar-refractivity contribution in [3.8, 4) is 17.2 Å². The fourth-order valence-electron chi connectivity index (χ4n) is 2.70. The first-order valence-electron chi connectivity index (χ1n) is 7.91. The highest BCUT2D eigenvalue weighted by molar-refractivity contribution is 5.53. The Morgan fingerprint density at radius 1 is 1.17 bits per heavy atom. The van der Waals surface area contributed by atoms with Gasteiger partial charge in [-0.3, -0.25) is 0 Å². The molecule has 0 fully saturated rings. The summed E-state index contributed by atoms with van der Waals surface area (Å²) in [6.45, 7) is 2.73. The van der Waals surface area contributed by atoms with Crippen molar-refractivity contribution in [2.45, 2.75) is 25.5 Å². The number of aliphatic hydroxyl groups excluding tert-OH is 1. The second kappa shape index (κ2) is 6.98. The van der Waals surface area contributed by atoms with Gasteiger partial charge in [0.2, 0.25) is 6.79 Å². The van der Waals surface area contributed by atoms with Gasteiger partial charge in [-0.1, -0.05) is 12.1 Å². The van der Waals surface area contributed by atoms with E-state index < -0.39 is 6.10 Å². The SMILES string of the molecule is C[C@@H](Cc1ccc2c(c1)OCO2)NC[C@H](O)c1ccc(O)c(N)c1. The Morgan fingerprint density at radius 3 is 2.75 bits per heavy atom. The number of phenolic OH excluding ortho intramolecular Hbond substituents is 1. The van der Waals surface area contributed by atoms with E-state index >= 15 is 0 Å². The average molecular weight is 330 g/mol. The summed E-state index contributed by atoms with van der Waals surface area (Å²) in [5.41, 5.74) is 7.74. The zero-order valence-electron chi connectivity index (χ0n) is 13.5. The number of ether oxygens (including phenoxy) is 2. The van der Waals surface area contributed by atoms with Crippen molar-refractivity contribution < 1.29 is 19.7 Å². The second-order valence-electron chi connectivity index (χ2n) is 6.04. The third kappa shape index (κ3) is 3.72. The Morgan fingerprint density at radius 2 is 1.96 bits per heavy atom. The Labute approximate surface area is 140 Å². The van der Waals surface area contributed by atoms with Crippen molar-refractivity contribution in [2.24, 2.45) is 0 Å². The predicted molar refractivity (Wildman–Crippen MR) is 91.2 cm³/mol. The Balaban J connectivity index is 1.53. The molecule has 0 saturated heterocycles. The number of rotatable bonds is 6. The highest BCUT2D eigenvalue weighted by Crippen LogP contribution is 2.32. The molecule has 2 atom stereocenters. The molecular weight excluding hydrogens is 308 g/mol. The predicted octanol–water partition coefficient (Wildman–Crippen LogP) is 1.96. The zero-order chi connectivity index (χ0) is 17.1. The van der Waals surface area contributed by atoms with Gasteiger partial charge in [-0.05, 0) is 48.7 Å². The molecule has 6 nitrogen and oxygen atoms in total. The van der Waals surface area contributed by atoms with Gasteiger partial charge >= 0.3 is 0 Å². The lowest BCUT2D eigenvalue weighted by Crippen LogP contribution is -2.32. The van der Waals surface area contributed by atoms with Crippen molar-refractivity contribution >= 4 is 5.69 Å². The topological polar surface area (TPSA) is 97.0 Å². The maximum Gasteiger partial charge on any atom is 0.231 e. The van der Waals surface area contributed by atoms with Crippen LogP contribution in [0.2, 0.25) is 0 Å². The van der Waals surface area contributed by atoms with Crippen LogP contribution in [-0.2, 0) is 6.42 Å². The van der Waals surface area contributed by atoms with Gasteiger partial charge in [0.05, 0.1) is 11.8 Å². The molecule has 0 spiro atoms. The largest absolute Gasteiger partial charge is 0.506 e. The van der Waals surface area contributed by atoms with Gasteiger partial charge in [-0.15, -0.1) is 0 Å². The molecule has 0 radical (unpaired) electrons. The maximum atomic E-state index is 10.2. The summed E-state index contributed by atoms with van der Waals surface area (Å²) in [4.78, 5) is 0. The number of anilines is 1. The van der Waals surface area contributed by atoms with Gasteiger partial charge in [0.25, 0.3) is 0 Å². The number of hydrogen-bond donors (Lipinski definition) is 4. The number of nitrogens with one attached hydrogen (secondary N) is 1. The zero-order valence-corrected chi connectivity index (χ0v) is 13.5. The van der Waals surface area contributed by atoms with Crippen molar-refractivity contribution in [2.75, 3.05) is 19.1 Å². The first-order chi connectivity index (χ1) is 11.5. The molecule has 24 heavy (non-hydrogen) atoms. The molecule has 5 N–H and O–H groups in total. The van der Waals surface area contributed by atoms with Crippen LogP contribution in [0.1, 0.15) is 24.2 Å². The summed E-state index contributed by atoms with van der Waals surface area (Å²) >= 11 is 0. The van der Waals surface area contributed by atoms with Crippen LogP contribution in [0.3, 0.4) is 0 Å². The number of hydrogen-bond acceptors (Lipinski definition) is 6. The molecule has 0 unspecified atom stereocenters. The third-order valence-corrected chi connectivity index (χ3v) is 4.07. The molecule has 0 aliphatic carbocycles. The van der Waals surface area contributed by atoms with Gasteiger partial charge in [-0.2, -0.15) is 0 Å². The smallest absolute Gasteiger partial charge is 0.231 e. The lowest BCUT2D eigenvalue weighted by Gasteiger charge is -2.18. The summed E-state index contributed by atoms with van der Waals surface area (Å²) < 4.78 is 10.7. The molecule has 2 aromatic rings. The van der Waals surface area contributed by atoms with Crippen molar-refractivity contribution in [1.82, 2.24) is 5.32 Å². The number of benzene rings is 2. The van der Waals surface area contributed by atoms with E-state index in [2.05, 4.69) is 12.2 Å². The van der Waals surface area contributed by atoms with Gasteiger partial charge in [0.1, 0.15) is 5.75 Å². The fraction of sp³-hybridized carbons (Fsp3) is 0.333. The van der Waals surface area contributed by atoms with Crippen LogP contribution in [0.5, 0.6) is 17.2 Å². The average Bonchev–Trinajstić information content (AvgIpc) is 3.03. The summed E-state index contributed by atoms with van der Waals surface area (Å²) in [5, 5.41) is 23.0. The van der Waals surface area contributed by atoms with Crippen LogP contribution in [0.25, 0.3) is 0 Å². The van der Waals surface area contributed by atoms with E-state index in [1.165, 1.54) is 6.07 Å². The van der Waals surface area contributed by atoms with E-state index in [1.54, 1.807) is 12.1 Å². The molecule has 1 heterocycles. The lowest BCUT2D eigenvalue weighted by atomic mass is 10.0. The normalized spacial score (nSPS) is 15.2. The van der Waals surface area contributed by atoms with Crippen LogP contribution >= 0.6 is 0 Å². The minimum absolute atomic E-state index is 0.0232. The van der Waals surface area contributed by atoms with E-state index in [4.69, 9.17) is 15.2 Å². The molecule has 0 amide bonds. The molecular formula is C18H22N2O4. The highest BCUT2D eigenvalue weighted by atomic mass is 16.7. The number of nitrogens with two attached hydrogens (primary N) is 1. The van der Waals surface area contributed by atoms with Crippen molar-refractivity contribution in [1.29, 1.82) is 0 Å². The van der Waals surface area contributed by atoms with Crippen LogP contribution in [0, 0.1) is 0 Å². The summed E-state index contributed by atoms with van der Waals surface area (Å²) in [6, 6.07) is 10.8. The molecule has 128 valence electrons. The molecule has 0 bridgehead atoms. The van der Waals surface area contributed by atoms with E-state index in [0.29, 0.717) is 12.1 Å². The van der Waals surface area contributed by atoms with E-state index in [0.717, 1.165) is 23.5 Å². The maximum absolute atomic E-state index is 10.2. The van der Waals surface area contributed by atoms with Crippen LogP contribution in [0.15, 0.2) is 36.4 Å². The van der Waals surface area contributed by atoms with Crippen LogP contribution < -0.4 is 20.5 Å². The van der Waals surface area contributed by atoms with Gasteiger partial charge < -0.3 is 30.7 Å². The third-order valence-electron chi connectivity index (χ3n) is 4.07. The first-order valence-corrected chi connectivity index (χ1v) is 7.91. The second-order valence-corrected chi connectivity index (χ2v) is 6.04. The first kappa shape index (κ1) is 16.4. The van der Waals surface area contributed by atoms with Gasteiger partial charge in [0, 0.05) is 12.6 Å². The molecule has 2 aromatic carbocycles. The minimum Gasteiger partial charge on any atom is -0.506 e. The quantitative estimate of drug-likeness (QED) is 0.477. The van der Waals surface area contributed by atoms with Crippen molar-refractivity contribution in [3.63, 3.8) is 0 Å². The minimum atomic E-state index is -0.688. The molecule has 1 aliphatic heterocycles. The Hall–Kier alpha value is -2.44. The van der Waals surface area contributed by atoms with Crippen LogP contribution in [0.4, 0.5) is 5.69 Å². The highest BCUT2D eigenvalue weighted by Gasteiger charge is 2.15. The molecule has 0 saturated carbocycles. The van der Waals surface area contributed by atoms with E-state index in [1.807, 2.05) is 18.2 Å². The number of phenols is 1. The number of aliphatic hydroxyl groups is 1. The van der Waals surface area contributed by atoms with Gasteiger partial charge in [-0.25, -0.2) is 0 Å². The Bertz CT molecular complexity index is 720. The van der Waals surface area contributed by atoms with Crippen LogP contribution in [-0.4, -0.2) is 29.6 Å². The van der Waals surface area contributed by atoms with E-state index in [9.17, 15) is 10.2 Å². The molecule has 3 rings (SSSR count). The molecule has 6 heteroatoms. The van der Waals surface area contributed by atoms with E-state index in [-0.39, 0.29) is 24.3 Å². The summed E-state index contributed by atoms with van der Waals surface area (Å²) in [6.07, 6.45) is 0.119. The number of fused-ring (bicyclic) bond motifs is 1. The Kier molecular flexibility index (Phi) is 4.78. The number of nitrogen functional groups attached to an aromatic ring is 1. The van der Waals surface area contributed by atoms with Crippen molar-refractivity contribution in [3.05, 3.63) is 47.5 Å². The molecule has 1 aliphatic rings.